The van der Waals surface area contributed by atoms with E-state index in [9.17, 15) is 0 Å². The Kier molecular flexibility index (Phi) is 3.29. The van der Waals surface area contributed by atoms with Gasteiger partial charge < -0.3 is 15.0 Å². The Bertz CT molecular complexity index is 552. The van der Waals surface area contributed by atoms with Crippen LogP contribution in [0, 0.1) is 0 Å². The first kappa shape index (κ1) is 12.0. The maximum Gasteiger partial charge on any atom is 0.0700 e. The fourth-order valence-electron chi connectivity index (χ4n) is 2.55. The van der Waals surface area contributed by atoms with E-state index in [0.29, 0.717) is 12.1 Å². The van der Waals surface area contributed by atoms with Crippen LogP contribution in [0.5, 0.6) is 0 Å². The van der Waals surface area contributed by atoms with E-state index in [1.165, 1.54) is 10.9 Å². The lowest BCUT2D eigenvalue weighted by atomic mass is 10.1. The first-order chi connectivity index (χ1) is 8.74. The second kappa shape index (κ2) is 4.92. The number of aromatic amines is 1. The number of rotatable bonds is 3. The van der Waals surface area contributed by atoms with Gasteiger partial charge >= 0.3 is 0 Å². The number of nitrogens with one attached hydrogen (secondary N) is 2. The zero-order valence-electron chi connectivity index (χ0n) is 10.4. The average molecular weight is 265 g/mol. The fourth-order valence-corrected chi connectivity index (χ4v) is 2.72. The van der Waals surface area contributed by atoms with Gasteiger partial charge in [-0.3, -0.25) is 0 Å². The smallest absolute Gasteiger partial charge is 0.0700 e. The molecular weight excluding hydrogens is 248 g/mol. The summed E-state index contributed by atoms with van der Waals surface area (Å²) in [6.07, 6.45) is 3.45. The average Bonchev–Trinajstić information content (AvgIpc) is 2.93. The van der Waals surface area contributed by atoms with Gasteiger partial charge in [0.05, 0.1) is 6.10 Å². The van der Waals surface area contributed by atoms with Crippen LogP contribution in [0.2, 0.25) is 5.02 Å². The first-order valence-electron chi connectivity index (χ1n) is 6.34. The molecule has 0 aliphatic carbocycles. The van der Waals surface area contributed by atoms with Crippen molar-refractivity contribution >= 4 is 22.5 Å². The summed E-state index contributed by atoms with van der Waals surface area (Å²) in [4.78, 5) is 3.26. The van der Waals surface area contributed by atoms with Gasteiger partial charge in [-0.1, -0.05) is 17.7 Å². The Morgan fingerprint density at radius 2 is 2.39 bits per heavy atom. The van der Waals surface area contributed by atoms with Crippen LogP contribution in [0.1, 0.15) is 18.9 Å². The Hall–Kier alpha value is -1.03. The van der Waals surface area contributed by atoms with E-state index in [-0.39, 0.29) is 0 Å². The van der Waals surface area contributed by atoms with Crippen LogP contribution >= 0.6 is 11.6 Å². The summed E-state index contributed by atoms with van der Waals surface area (Å²) in [6.45, 7) is 3.85. The van der Waals surface area contributed by atoms with Gasteiger partial charge in [0.2, 0.25) is 0 Å². The van der Waals surface area contributed by atoms with Gasteiger partial charge in [0.25, 0.3) is 0 Å². The molecule has 2 aromatic rings. The fraction of sp³-hybridized carbons (Fsp3) is 0.429. The van der Waals surface area contributed by atoms with Crippen LogP contribution in [0.15, 0.2) is 24.4 Å². The predicted octanol–water partition coefficient (Wildman–Crippen LogP) is 3.09. The molecule has 0 radical (unpaired) electrons. The topological polar surface area (TPSA) is 37.0 Å². The van der Waals surface area contributed by atoms with Crippen molar-refractivity contribution in [2.45, 2.75) is 32.0 Å². The Balaban J connectivity index is 1.74. The van der Waals surface area contributed by atoms with Crippen LogP contribution < -0.4 is 5.32 Å². The number of ether oxygens (including phenoxy) is 1. The first-order valence-corrected chi connectivity index (χ1v) is 6.72. The minimum absolute atomic E-state index is 0.310. The summed E-state index contributed by atoms with van der Waals surface area (Å²) >= 11 is 5.98. The van der Waals surface area contributed by atoms with Crippen LogP contribution in [0.25, 0.3) is 10.9 Å². The molecule has 1 aromatic carbocycles. The van der Waals surface area contributed by atoms with Crippen molar-refractivity contribution in [1.82, 2.24) is 10.3 Å². The highest BCUT2D eigenvalue weighted by Gasteiger charge is 2.23. The summed E-state index contributed by atoms with van der Waals surface area (Å²) in [5.41, 5.74) is 2.37. The number of H-pyrrole nitrogens is 1. The van der Waals surface area contributed by atoms with Gasteiger partial charge in [-0.05, 0) is 31.0 Å². The Labute approximate surface area is 111 Å². The zero-order valence-corrected chi connectivity index (χ0v) is 11.1. The van der Waals surface area contributed by atoms with E-state index < -0.39 is 0 Å². The highest BCUT2D eigenvalue weighted by Crippen LogP contribution is 2.22. The third kappa shape index (κ3) is 2.26. The van der Waals surface area contributed by atoms with Crippen molar-refractivity contribution in [3.05, 3.63) is 35.0 Å². The van der Waals surface area contributed by atoms with Crippen LogP contribution in [0.4, 0.5) is 0 Å². The minimum Gasteiger partial charge on any atom is -0.377 e. The molecule has 2 N–H and O–H groups in total. The predicted molar refractivity (Wildman–Crippen MR) is 74.0 cm³/mol. The molecule has 3 nitrogen and oxygen atoms in total. The van der Waals surface area contributed by atoms with Crippen molar-refractivity contribution in [2.75, 3.05) is 6.61 Å². The second-order valence-electron chi connectivity index (χ2n) is 4.86. The highest BCUT2D eigenvalue weighted by molar-refractivity contribution is 6.31. The maximum atomic E-state index is 5.98. The normalized spacial score (nSPS) is 23.9. The molecule has 4 heteroatoms. The maximum absolute atomic E-state index is 5.98. The van der Waals surface area contributed by atoms with Crippen LogP contribution in [-0.2, 0) is 11.3 Å². The van der Waals surface area contributed by atoms with Gasteiger partial charge in [-0.15, -0.1) is 0 Å². The molecule has 2 unspecified atom stereocenters. The van der Waals surface area contributed by atoms with Crippen molar-refractivity contribution < 1.29 is 4.74 Å². The van der Waals surface area contributed by atoms with Gasteiger partial charge in [-0.25, -0.2) is 0 Å². The van der Waals surface area contributed by atoms with E-state index in [2.05, 4.69) is 29.5 Å². The van der Waals surface area contributed by atoms with Crippen molar-refractivity contribution in [3.8, 4) is 0 Å². The number of aromatic nitrogens is 1. The van der Waals surface area contributed by atoms with E-state index in [4.69, 9.17) is 16.3 Å². The third-order valence-electron chi connectivity index (χ3n) is 3.66. The molecule has 0 bridgehead atoms. The molecule has 2 heterocycles. The quantitative estimate of drug-likeness (QED) is 0.894. The van der Waals surface area contributed by atoms with Crippen molar-refractivity contribution in [2.24, 2.45) is 0 Å². The standard InChI is InChI=1S/C14H17ClN2O/c1-9-13(4-5-18-9)16-7-10-8-17-14-6-11(15)2-3-12(10)14/h2-3,6,8-9,13,16-17H,4-5,7H2,1H3. The van der Waals surface area contributed by atoms with Crippen LogP contribution in [-0.4, -0.2) is 23.7 Å². The highest BCUT2D eigenvalue weighted by atomic mass is 35.5. The minimum atomic E-state index is 0.310. The van der Waals surface area contributed by atoms with Gasteiger partial charge in [0.1, 0.15) is 0 Å². The molecule has 1 aliphatic heterocycles. The number of hydrogen-bond donors (Lipinski definition) is 2. The molecule has 2 atom stereocenters. The van der Waals surface area contributed by atoms with Gasteiger partial charge in [-0.2, -0.15) is 0 Å². The molecule has 0 amide bonds. The molecule has 18 heavy (non-hydrogen) atoms. The number of benzene rings is 1. The summed E-state index contributed by atoms with van der Waals surface area (Å²) < 4.78 is 5.55. The Morgan fingerprint density at radius 3 is 3.17 bits per heavy atom. The zero-order chi connectivity index (χ0) is 12.5. The molecule has 1 aromatic heterocycles. The van der Waals surface area contributed by atoms with Crippen molar-refractivity contribution in [3.63, 3.8) is 0 Å². The summed E-state index contributed by atoms with van der Waals surface area (Å²) in [7, 11) is 0. The lowest BCUT2D eigenvalue weighted by molar-refractivity contribution is 0.113. The monoisotopic (exact) mass is 264 g/mol. The van der Waals surface area contributed by atoms with Gasteiger partial charge in [0, 0.05) is 41.3 Å². The molecule has 3 rings (SSSR count). The molecule has 0 saturated carbocycles. The lowest BCUT2D eigenvalue weighted by Gasteiger charge is -2.15. The Morgan fingerprint density at radius 1 is 1.50 bits per heavy atom. The van der Waals surface area contributed by atoms with E-state index in [1.54, 1.807) is 0 Å². The SMILES string of the molecule is CC1OCCC1NCc1c[nH]c2cc(Cl)ccc12. The molecule has 1 fully saturated rings. The molecule has 96 valence electrons. The molecule has 0 spiro atoms. The number of fused-ring (bicyclic) bond motifs is 1. The summed E-state index contributed by atoms with van der Waals surface area (Å²) in [6, 6.07) is 6.42. The largest absolute Gasteiger partial charge is 0.377 e. The van der Waals surface area contributed by atoms with Crippen LogP contribution in [0.3, 0.4) is 0 Å². The summed E-state index contributed by atoms with van der Waals surface area (Å²) in [5.74, 6) is 0. The van der Waals surface area contributed by atoms with Gasteiger partial charge in [0.15, 0.2) is 0 Å². The number of halogens is 1. The van der Waals surface area contributed by atoms with Crippen molar-refractivity contribution in [1.29, 1.82) is 0 Å². The molecule has 1 aliphatic rings. The second-order valence-corrected chi connectivity index (χ2v) is 5.29. The summed E-state index contributed by atoms with van der Waals surface area (Å²) in [5, 5.41) is 5.56. The molecular formula is C14H17ClN2O. The number of hydrogen-bond acceptors (Lipinski definition) is 2. The van der Waals surface area contributed by atoms with E-state index in [0.717, 1.165) is 30.1 Å². The third-order valence-corrected chi connectivity index (χ3v) is 3.90. The molecule has 1 saturated heterocycles. The van der Waals surface area contributed by atoms with E-state index >= 15 is 0 Å². The lowest BCUT2D eigenvalue weighted by Crippen LogP contribution is -2.34. The van der Waals surface area contributed by atoms with E-state index in [1.807, 2.05) is 12.1 Å².